The first-order chi connectivity index (χ1) is 13.5. The molecule has 0 aliphatic carbocycles. The van der Waals surface area contributed by atoms with E-state index < -0.39 is 5.97 Å². The minimum absolute atomic E-state index is 0.221. The van der Waals surface area contributed by atoms with Gasteiger partial charge in [-0.1, -0.05) is 29.8 Å². The average Bonchev–Trinajstić information content (AvgIpc) is 2.73. The predicted octanol–water partition coefficient (Wildman–Crippen LogP) is 4.20. The van der Waals surface area contributed by atoms with Crippen LogP contribution in [-0.4, -0.2) is 24.0 Å². The van der Waals surface area contributed by atoms with Crippen molar-refractivity contribution in [2.24, 2.45) is 0 Å². The molecule has 3 rings (SSSR count). The second-order valence-electron chi connectivity index (χ2n) is 5.94. The molecule has 28 heavy (non-hydrogen) atoms. The van der Waals surface area contributed by atoms with Gasteiger partial charge in [-0.15, -0.1) is 0 Å². The Labute approximate surface area is 167 Å². The van der Waals surface area contributed by atoms with Crippen LogP contribution < -0.4 is 10.6 Å². The molecular weight excluding hydrogens is 378 g/mol. The number of hydrogen-bond donors (Lipinski definition) is 2. The summed E-state index contributed by atoms with van der Waals surface area (Å²) >= 11 is 5.85. The van der Waals surface area contributed by atoms with Crippen LogP contribution in [0.2, 0.25) is 5.02 Å². The lowest BCUT2D eigenvalue weighted by Gasteiger charge is -2.09. The number of nitrogens with zero attached hydrogens (tertiary/aromatic N) is 1. The van der Waals surface area contributed by atoms with Gasteiger partial charge in [0.1, 0.15) is 5.82 Å². The number of rotatable bonds is 6. The first kappa shape index (κ1) is 19.4. The highest BCUT2D eigenvalue weighted by atomic mass is 35.5. The van der Waals surface area contributed by atoms with Gasteiger partial charge in [0.15, 0.2) is 0 Å². The molecule has 7 heteroatoms. The number of ether oxygens (including phenoxy) is 1. The van der Waals surface area contributed by atoms with Gasteiger partial charge in [0.2, 0.25) is 0 Å². The fraction of sp³-hybridized carbons (Fsp3) is 0.0952. The summed E-state index contributed by atoms with van der Waals surface area (Å²) in [5.41, 5.74) is 2.53. The molecule has 3 aromatic rings. The number of carbonyl (C=O) groups is 2. The molecule has 142 valence electrons. The van der Waals surface area contributed by atoms with Crippen molar-refractivity contribution < 1.29 is 14.3 Å². The summed E-state index contributed by atoms with van der Waals surface area (Å²) in [6.45, 7) is 0.399. The number of esters is 1. The molecule has 0 bridgehead atoms. The standard InChI is InChI=1S/C21H18ClN3O3/c1-28-21(27)15-3-2-4-18(11-15)25-19-10-7-16(13-23-19)20(26)24-12-14-5-8-17(22)9-6-14/h2-11,13H,12H2,1H3,(H,23,25)(H,24,26). The lowest BCUT2D eigenvalue weighted by atomic mass is 10.2. The Morgan fingerprint density at radius 2 is 1.82 bits per heavy atom. The summed E-state index contributed by atoms with van der Waals surface area (Å²) in [7, 11) is 1.33. The third-order valence-corrected chi connectivity index (χ3v) is 4.20. The highest BCUT2D eigenvalue weighted by Crippen LogP contribution is 2.17. The normalized spacial score (nSPS) is 10.2. The smallest absolute Gasteiger partial charge is 0.337 e. The van der Waals surface area contributed by atoms with E-state index in [4.69, 9.17) is 16.3 Å². The van der Waals surface area contributed by atoms with Gasteiger partial charge in [0.25, 0.3) is 5.91 Å². The molecule has 1 heterocycles. The lowest BCUT2D eigenvalue weighted by molar-refractivity contribution is 0.0600. The number of carbonyl (C=O) groups excluding carboxylic acids is 2. The molecular formula is C21H18ClN3O3. The van der Waals surface area contributed by atoms with Crippen molar-refractivity contribution in [2.45, 2.75) is 6.54 Å². The number of benzene rings is 2. The van der Waals surface area contributed by atoms with Gasteiger partial charge in [-0.2, -0.15) is 0 Å². The molecule has 0 saturated carbocycles. The van der Waals surface area contributed by atoms with E-state index >= 15 is 0 Å². The maximum absolute atomic E-state index is 12.3. The van der Waals surface area contributed by atoms with E-state index in [0.29, 0.717) is 34.2 Å². The zero-order chi connectivity index (χ0) is 19.9. The molecule has 2 aromatic carbocycles. The van der Waals surface area contributed by atoms with Gasteiger partial charge >= 0.3 is 5.97 Å². The maximum Gasteiger partial charge on any atom is 0.337 e. The van der Waals surface area contributed by atoms with Gasteiger partial charge in [-0.05, 0) is 48.0 Å². The summed E-state index contributed by atoms with van der Waals surface area (Å²) in [6.07, 6.45) is 1.49. The van der Waals surface area contributed by atoms with E-state index in [1.165, 1.54) is 13.3 Å². The number of amides is 1. The van der Waals surface area contributed by atoms with Crippen molar-refractivity contribution in [1.82, 2.24) is 10.3 Å². The third kappa shape index (κ3) is 5.08. The van der Waals surface area contributed by atoms with Gasteiger partial charge < -0.3 is 15.4 Å². The molecule has 6 nitrogen and oxygen atoms in total. The Kier molecular flexibility index (Phi) is 6.24. The van der Waals surface area contributed by atoms with Crippen LogP contribution in [0.15, 0.2) is 66.9 Å². The SMILES string of the molecule is COC(=O)c1cccc(Nc2ccc(C(=O)NCc3ccc(Cl)cc3)cn2)c1. The van der Waals surface area contributed by atoms with Crippen molar-refractivity contribution in [3.8, 4) is 0 Å². The van der Waals surface area contributed by atoms with Crippen LogP contribution in [0.25, 0.3) is 0 Å². The molecule has 0 saturated heterocycles. The Bertz CT molecular complexity index is 973. The summed E-state index contributed by atoms with van der Waals surface area (Å²) in [5.74, 6) is -0.0812. The molecule has 0 fully saturated rings. The lowest BCUT2D eigenvalue weighted by Crippen LogP contribution is -2.22. The number of nitrogens with one attached hydrogen (secondary N) is 2. The average molecular weight is 396 g/mol. The topological polar surface area (TPSA) is 80.3 Å². The van der Waals surface area contributed by atoms with Crippen LogP contribution in [0.3, 0.4) is 0 Å². The number of halogens is 1. The molecule has 0 atom stereocenters. The minimum Gasteiger partial charge on any atom is -0.465 e. The number of hydrogen-bond acceptors (Lipinski definition) is 5. The number of aromatic nitrogens is 1. The molecule has 0 spiro atoms. The molecule has 0 aliphatic rings. The van der Waals surface area contributed by atoms with Crippen LogP contribution in [0.1, 0.15) is 26.3 Å². The van der Waals surface area contributed by atoms with Crippen LogP contribution >= 0.6 is 11.6 Å². The highest BCUT2D eigenvalue weighted by molar-refractivity contribution is 6.30. The molecule has 0 aliphatic heterocycles. The van der Waals surface area contributed by atoms with Crippen LogP contribution in [0.4, 0.5) is 11.5 Å². The van der Waals surface area contributed by atoms with E-state index in [1.807, 2.05) is 12.1 Å². The number of pyridine rings is 1. The Hall–Kier alpha value is -3.38. The number of anilines is 2. The predicted molar refractivity (Wildman–Crippen MR) is 108 cm³/mol. The summed E-state index contributed by atoms with van der Waals surface area (Å²) in [4.78, 5) is 28.1. The fourth-order valence-corrected chi connectivity index (χ4v) is 2.60. The Morgan fingerprint density at radius 1 is 1.04 bits per heavy atom. The molecule has 1 aromatic heterocycles. The monoisotopic (exact) mass is 395 g/mol. The number of methoxy groups -OCH3 is 1. The van der Waals surface area contributed by atoms with Crippen LogP contribution in [0.5, 0.6) is 0 Å². The minimum atomic E-state index is -0.413. The zero-order valence-electron chi connectivity index (χ0n) is 15.1. The molecule has 0 radical (unpaired) electrons. The fourth-order valence-electron chi connectivity index (χ4n) is 2.48. The first-order valence-electron chi connectivity index (χ1n) is 8.49. The van der Waals surface area contributed by atoms with E-state index in [2.05, 4.69) is 15.6 Å². The zero-order valence-corrected chi connectivity index (χ0v) is 15.9. The van der Waals surface area contributed by atoms with E-state index in [9.17, 15) is 9.59 Å². The van der Waals surface area contributed by atoms with E-state index in [0.717, 1.165) is 5.56 Å². The quantitative estimate of drug-likeness (QED) is 0.611. The van der Waals surface area contributed by atoms with Crippen molar-refractivity contribution in [3.05, 3.63) is 88.6 Å². The van der Waals surface area contributed by atoms with Gasteiger partial charge in [-0.3, -0.25) is 4.79 Å². The summed E-state index contributed by atoms with van der Waals surface area (Å²) in [5, 5.41) is 6.58. The summed E-state index contributed by atoms with van der Waals surface area (Å²) < 4.78 is 4.71. The molecule has 0 unspecified atom stereocenters. The van der Waals surface area contributed by atoms with Gasteiger partial charge in [0.05, 0.1) is 18.2 Å². The maximum atomic E-state index is 12.3. The first-order valence-corrected chi connectivity index (χ1v) is 8.87. The van der Waals surface area contributed by atoms with E-state index in [1.54, 1.807) is 48.5 Å². The van der Waals surface area contributed by atoms with Gasteiger partial charge in [-0.25, -0.2) is 9.78 Å². The van der Waals surface area contributed by atoms with Gasteiger partial charge in [0, 0.05) is 23.5 Å². The van der Waals surface area contributed by atoms with Crippen molar-refractivity contribution in [1.29, 1.82) is 0 Å². The highest BCUT2D eigenvalue weighted by Gasteiger charge is 2.08. The van der Waals surface area contributed by atoms with Crippen molar-refractivity contribution in [3.63, 3.8) is 0 Å². The Balaban J connectivity index is 1.60. The largest absolute Gasteiger partial charge is 0.465 e. The van der Waals surface area contributed by atoms with Crippen LogP contribution in [-0.2, 0) is 11.3 Å². The summed E-state index contributed by atoms with van der Waals surface area (Å²) in [6, 6.07) is 17.5. The second kappa shape index (κ2) is 9.01. The van der Waals surface area contributed by atoms with Crippen LogP contribution in [0, 0.1) is 0 Å². The van der Waals surface area contributed by atoms with Crippen molar-refractivity contribution in [2.75, 3.05) is 12.4 Å². The second-order valence-corrected chi connectivity index (χ2v) is 6.38. The Morgan fingerprint density at radius 3 is 2.50 bits per heavy atom. The molecule has 1 amide bonds. The van der Waals surface area contributed by atoms with E-state index in [-0.39, 0.29) is 5.91 Å². The van der Waals surface area contributed by atoms with Crippen molar-refractivity contribution >= 4 is 35.0 Å². The third-order valence-electron chi connectivity index (χ3n) is 3.95. The molecule has 2 N–H and O–H groups in total.